The van der Waals surface area contributed by atoms with E-state index < -0.39 is 16.6 Å². The van der Waals surface area contributed by atoms with Crippen molar-refractivity contribution in [3.8, 4) is 0 Å². The van der Waals surface area contributed by atoms with Crippen LogP contribution in [0.4, 0.5) is 0 Å². The number of hydrogen-bond donors (Lipinski definition) is 2. The lowest BCUT2D eigenvalue weighted by atomic mass is 9.83. The summed E-state index contributed by atoms with van der Waals surface area (Å²) >= 11 is 0. The third kappa shape index (κ3) is 5.53. The minimum absolute atomic E-state index is 0.116. The van der Waals surface area contributed by atoms with Gasteiger partial charge in [-0.25, -0.2) is 13.1 Å². The van der Waals surface area contributed by atoms with Crippen LogP contribution in [0.1, 0.15) is 43.6 Å². The summed E-state index contributed by atoms with van der Waals surface area (Å²) in [6.45, 7) is 0.116. The summed E-state index contributed by atoms with van der Waals surface area (Å²) in [5, 5.41) is 9.22. The predicted molar refractivity (Wildman–Crippen MR) is 106 cm³/mol. The van der Waals surface area contributed by atoms with E-state index in [1.54, 1.807) is 4.90 Å². The van der Waals surface area contributed by atoms with E-state index in [0.29, 0.717) is 18.9 Å². The Morgan fingerprint density at radius 1 is 1.18 bits per heavy atom. The molecule has 2 atom stereocenters. The van der Waals surface area contributed by atoms with E-state index in [1.165, 1.54) is 5.56 Å². The number of rotatable bonds is 7. The Bertz CT molecular complexity index is 747. The zero-order valence-corrected chi connectivity index (χ0v) is 17.1. The predicted octanol–water partition coefficient (Wildman–Crippen LogP) is 1.24. The van der Waals surface area contributed by atoms with Gasteiger partial charge in [-0.1, -0.05) is 30.3 Å². The zero-order valence-electron chi connectivity index (χ0n) is 16.3. The first-order valence-corrected chi connectivity index (χ1v) is 11.8. The quantitative estimate of drug-likeness (QED) is 0.705. The summed E-state index contributed by atoms with van der Waals surface area (Å²) < 4.78 is 32.0. The van der Waals surface area contributed by atoms with Crippen molar-refractivity contribution in [2.75, 3.05) is 26.0 Å². The first-order valence-electron chi connectivity index (χ1n) is 9.91. The highest BCUT2D eigenvalue weighted by atomic mass is 32.2. The highest BCUT2D eigenvalue weighted by molar-refractivity contribution is 7.88. The summed E-state index contributed by atoms with van der Waals surface area (Å²) in [6.07, 6.45) is 5.77. The number of likely N-dealkylation sites (tertiary alicyclic amines) is 1. The Kier molecular flexibility index (Phi) is 7.09. The lowest BCUT2D eigenvalue weighted by Gasteiger charge is -2.32. The fourth-order valence-corrected chi connectivity index (χ4v) is 5.22. The molecular weight excluding hydrogens is 380 g/mol. The van der Waals surface area contributed by atoms with Gasteiger partial charge in [0.25, 0.3) is 0 Å². The summed E-state index contributed by atoms with van der Waals surface area (Å²) in [5.41, 5.74) is 1.37. The second-order valence-corrected chi connectivity index (χ2v) is 9.60. The monoisotopic (exact) mass is 410 g/mol. The molecule has 0 aromatic heterocycles. The smallest absolute Gasteiger partial charge is 0.248 e. The molecule has 2 aliphatic rings. The van der Waals surface area contributed by atoms with Crippen molar-refractivity contribution in [1.29, 1.82) is 0 Å². The molecule has 2 N–H and O–H groups in total. The topological polar surface area (TPSA) is 95.9 Å². The fraction of sp³-hybridized carbons (Fsp3) is 0.650. The summed E-state index contributed by atoms with van der Waals surface area (Å²) in [7, 11) is -3.38. The number of carbonyl (C=O) groups is 1. The Morgan fingerprint density at radius 3 is 2.46 bits per heavy atom. The number of aliphatic hydroxyl groups is 1. The SMILES string of the molecule is CS(=O)(=O)N[C@H]1CCN(C(=O)CO)C1COC1CCC(c2ccccc2)CC1. The van der Waals surface area contributed by atoms with Crippen LogP contribution in [-0.2, 0) is 19.6 Å². The van der Waals surface area contributed by atoms with Crippen LogP contribution in [0.5, 0.6) is 0 Å². The van der Waals surface area contributed by atoms with E-state index in [4.69, 9.17) is 4.74 Å². The number of hydrogen-bond acceptors (Lipinski definition) is 5. The van der Waals surface area contributed by atoms with Gasteiger partial charge in [0.2, 0.25) is 15.9 Å². The second-order valence-electron chi connectivity index (χ2n) is 7.82. The van der Waals surface area contributed by atoms with E-state index >= 15 is 0 Å². The summed E-state index contributed by atoms with van der Waals surface area (Å²) in [5.74, 6) is 0.166. The maximum atomic E-state index is 12.0. The molecule has 3 rings (SSSR count). The molecule has 1 aromatic rings. The van der Waals surface area contributed by atoms with Crippen LogP contribution in [-0.4, -0.2) is 68.5 Å². The number of ether oxygens (including phenoxy) is 1. The Morgan fingerprint density at radius 2 is 1.86 bits per heavy atom. The third-order valence-corrected chi connectivity index (χ3v) is 6.55. The minimum atomic E-state index is -3.38. The van der Waals surface area contributed by atoms with Crippen LogP contribution in [0.15, 0.2) is 30.3 Å². The zero-order chi connectivity index (χ0) is 20.1. The van der Waals surface area contributed by atoms with Crippen molar-refractivity contribution in [2.45, 2.75) is 56.2 Å². The van der Waals surface area contributed by atoms with Crippen molar-refractivity contribution in [3.05, 3.63) is 35.9 Å². The van der Waals surface area contributed by atoms with Crippen molar-refractivity contribution < 1.29 is 23.1 Å². The molecule has 1 aromatic carbocycles. The Hall–Kier alpha value is -1.48. The summed E-state index contributed by atoms with van der Waals surface area (Å²) in [4.78, 5) is 13.6. The van der Waals surface area contributed by atoms with E-state index in [2.05, 4.69) is 29.0 Å². The van der Waals surface area contributed by atoms with Gasteiger partial charge in [-0.05, 0) is 43.6 Å². The van der Waals surface area contributed by atoms with E-state index in [9.17, 15) is 18.3 Å². The largest absolute Gasteiger partial charge is 0.387 e. The van der Waals surface area contributed by atoms with Gasteiger partial charge in [-0.2, -0.15) is 0 Å². The highest BCUT2D eigenvalue weighted by Gasteiger charge is 2.39. The molecule has 1 unspecified atom stereocenters. The first-order chi connectivity index (χ1) is 13.4. The van der Waals surface area contributed by atoms with Crippen molar-refractivity contribution in [1.82, 2.24) is 9.62 Å². The van der Waals surface area contributed by atoms with Gasteiger partial charge in [-0.15, -0.1) is 0 Å². The van der Waals surface area contributed by atoms with Gasteiger partial charge in [0.05, 0.1) is 25.0 Å². The molecule has 156 valence electrons. The molecule has 1 saturated carbocycles. The normalized spacial score (nSPS) is 28.4. The highest BCUT2D eigenvalue weighted by Crippen LogP contribution is 2.34. The van der Waals surface area contributed by atoms with Crippen LogP contribution >= 0.6 is 0 Å². The van der Waals surface area contributed by atoms with E-state index in [-0.39, 0.29) is 30.7 Å². The molecule has 1 amide bonds. The average molecular weight is 411 g/mol. The number of aliphatic hydroxyl groups excluding tert-OH is 1. The van der Waals surface area contributed by atoms with Crippen LogP contribution in [0.3, 0.4) is 0 Å². The molecule has 1 aliphatic heterocycles. The minimum Gasteiger partial charge on any atom is -0.387 e. The molecule has 1 aliphatic carbocycles. The number of carbonyl (C=O) groups excluding carboxylic acids is 1. The summed E-state index contributed by atoms with van der Waals surface area (Å²) in [6, 6.07) is 9.74. The van der Waals surface area contributed by atoms with Crippen molar-refractivity contribution in [2.24, 2.45) is 0 Å². The number of nitrogens with zero attached hydrogens (tertiary/aromatic N) is 1. The number of sulfonamides is 1. The number of amides is 1. The number of benzene rings is 1. The van der Waals surface area contributed by atoms with Gasteiger partial charge in [0.15, 0.2) is 0 Å². The lowest BCUT2D eigenvalue weighted by Crippen LogP contribution is -2.50. The van der Waals surface area contributed by atoms with Crippen LogP contribution < -0.4 is 4.72 Å². The van der Waals surface area contributed by atoms with Crippen molar-refractivity contribution in [3.63, 3.8) is 0 Å². The number of nitrogens with one attached hydrogen (secondary N) is 1. The standard InChI is InChI=1S/C20H30N2O5S/c1-28(25,26)21-18-11-12-22(20(24)13-23)19(18)14-27-17-9-7-16(8-10-17)15-5-3-2-4-6-15/h2-6,16-19,21,23H,7-14H2,1H3/t16?,17?,18-,19?/m0/s1. The lowest BCUT2D eigenvalue weighted by molar-refractivity contribution is -0.137. The molecule has 2 fully saturated rings. The third-order valence-electron chi connectivity index (χ3n) is 5.81. The van der Waals surface area contributed by atoms with E-state index in [1.807, 2.05) is 6.07 Å². The van der Waals surface area contributed by atoms with E-state index in [0.717, 1.165) is 31.9 Å². The van der Waals surface area contributed by atoms with Gasteiger partial charge in [-0.3, -0.25) is 4.79 Å². The van der Waals surface area contributed by atoms with Gasteiger partial charge in [0, 0.05) is 12.6 Å². The molecule has 0 spiro atoms. The molecule has 1 heterocycles. The van der Waals surface area contributed by atoms with Crippen molar-refractivity contribution >= 4 is 15.9 Å². The molecular formula is C20H30N2O5S. The van der Waals surface area contributed by atoms with Gasteiger partial charge in [0.1, 0.15) is 6.61 Å². The van der Waals surface area contributed by atoms with Crippen LogP contribution in [0, 0.1) is 0 Å². The molecule has 1 saturated heterocycles. The van der Waals surface area contributed by atoms with Crippen LogP contribution in [0.2, 0.25) is 0 Å². The van der Waals surface area contributed by atoms with Crippen LogP contribution in [0.25, 0.3) is 0 Å². The molecule has 7 nitrogen and oxygen atoms in total. The maximum Gasteiger partial charge on any atom is 0.248 e. The van der Waals surface area contributed by atoms with Gasteiger partial charge >= 0.3 is 0 Å². The Balaban J connectivity index is 1.55. The Labute approximate surface area is 167 Å². The van der Waals surface area contributed by atoms with Gasteiger partial charge < -0.3 is 14.7 Å². The molecule has 0 radical (unpaired) electrons. The molecule has 28 heavy (non-hydrogen) atoms. The average Bonchev–Trinajstić information content (AvgIpc) is 3.07. The fourth-order valence-electron chi connectivity index (χ4n) is 4.40. The second kappa shape index (κ2) is 9.35. The molecule has 8 heteroatoms. The maximum absolute atomic E-state index is 12.0. The molecule has 0 bridgehead atoms. The first kappa shape index (κ1) is 21.2.